The van der Waals surface area contributed by atoms with Crippen LogP contribution in [0.15, 0.2) is 21.6 Å². The zero-order valence-corrected chi connectivity index (χ0v) is 34.8. The van der Waals surface area contributed by atoms with Gasteiger partial charge in [0.05, 0.1) is 36.5 Å². The van der Waals surface area contributed by atoms with Crippen LogP contribution in [0.25, 0.3) is 0 Å². The molecule has 18 unspecified atom stereocenters. The first-order valence-corrected chi connectivity index (χ1v) is 21.8. The fourth-order valence-electron chi connectivity index (χ4n) is 14.8. The van der Waals surface area contributed by atoms with E-state index >= 15 is 0 Å². The molecular weight excluding hydrogens is 746 g/mol. The van der Waals surface area contributed by atoms with Crippen molar-refractivity contribution in [2.75, 3.05) is 26.5 Å². The van der Waals surface area contributed by atoms with Crippen LogP contribution in [0.1, 0.15) is 105 Å². The zero-order valence-electron chi connectivity index (χ0n) is 34.8. The van der Waals surface area contributed by atoms with Crippen LogP contribution in [0.2, 0.25) is 0 Å². The van der Waals surface area contributed by atoms with Crippen LogP contribution < -0.4 is 5.32 Å². The van der Waals surface area contributed by atoms with E-state index in [-0.39, 0.29) is 78.1 Å². The number of ether oxygens (including phenoxy) is 2. The Morgan fingerprint density at radius 1 is 0.966 bits per heavy atom. The second-order valence-electron chi connectivity index (χ2n) is 21.1. The second-order valence-corrected chi connectivity index (χ2v) is 21.1. The van der Waals surface area contributed by atoms with Gasteiger partial charge in [0.1, 0.15) is 25.0 Å². The monoisotopic (exact) mass is 813 g/mol. The fraction of sp³-hybridized carbons (Fsp3) is 0.864. The Kier molecular flexibility index (Phi) is 10.7. The van der Waals surface area contributed by atoms with Crippen molar-refractivity contribution < 1.29 is 54.8 Å². The predicted octanol–water partition coefficient (Wildman–Crippen LogP) is 2.61. The SMILES string of the molecule is CC1(CO)CCC2(C(=O)O)CCC3(C)C(=CCC4C5(C)C(CC6CC(=O)NC6CC6=NCN=C6)C(O)C(OC6OCC(O)C(O)C6O)C(C)(CO)C5CCC43C)C2C1. The Morgan fingerprint density at radius 3 is 2.38 bits per heavy atom. The molecule has 1 amide bonds. The first-order valence-electron chi connectivity index (χ1n) is 21.8. The number of allylic oxidation sites excluding steroid dienone is 2. The minimum atomic E-state index is -1.59. The lowest BCUT2D eigenvalue weighted by Crippen LogP contribution is -2.72. The van der Waals surface area contributed by atoms with E-state index < -0.39 is 64.9 Å². The first kappa shape index (κ1) is 42.4. The maximum absolute atomic E-state index is 13.3. The molecule has 2 saturated heterocycles. The molecule has 0 aromatic heterocycles. The molecule has 6 fully saturated rings. The van der Waals surface area contributed by atoms with E-state index in [1.165, 1.54) is 5.57 Å². The molecule has 0 bridgehead atoms. The maximum Gasteiger partial charge on any atom is 0.310 e. The van der Waals surface area contributed by atoms with Gasteiger partial charge in [-0.3, -0.25) is 19.6 Å². The number of aliphatic hydroxyl groups is 6. The molecule has 8 N–H and O–H groups in total. The van der Waals surface area contributed by atoms with Gasteiger partial charge in [-0.15, -0.1) is 0 Å². The molecule has 0 spiro atoms. The van der Waals surface area contributed by atoms with Gasteiger partial charge >= 0.3 is 5.97 Å². The number of aliphatic imine (C=N–C) groups is 2. The molecule has 14 nitrogen and oxygen atoms in total. The topological polar surface area (TPSA) is 231 Å². The summed E-state index contributed by atoms with van der Waals surface area (Å²) in [5, 5.41) is 81.0. The quantitative estimate of drug-likeness (QED) is 0.125. The molecule has 8 rings (SSSR count). The molecule has 58 heavy (non-hydrogen) atoms. The lowest BCUT2D eigenvalue weighted by Gasteiger charge is -2.73. The summed E-state index contributed by atoms with van der Waals surface area (Å²) in [5.74, 6) is -1.82. The number of fused-ring (bicyclic) bond motifs is 7. The van der Waals surface area contributed by atoms with Crippen molar-refractivity contribution in [2.24, 2.45) is 72.1 Å². The predicted molar refractivity (Wildman–Crippen MR) is 212 cm³/mol. The normalized spacial score (nSPS) is 52.4. The number of amides is 1. The maximum atomic E-state index is 13.3. The van der Waals surface area contributed by atoms with Crippen molar-refractivity contribution in [2.45, 2.75) is 148 Å². The number of nitrogens with zero attached hydrogens (tertiary/aromatic N) is 2. The molecular formula is C44H67N3O11. The number of hydrogen-bond acceptors (Lipinski definition) is 12. The first-order chi connectivity index (χ1) is 27.3. The van der Waals surface area contributed by atoms with E-state index in [1.54, 1.807) is 6.21 Å². The van der Waals surface area contributed by atoms with Crippen LogP contribution in [-0.4, -0.2) is 129 Å². The number of carbonyl (C=O) groups is 2. The Morgan fingerprint density at radius 2 is 1.71 bits per heavy atom. The van der Waals surface area contributed by atoms with E-state index in [2.05, 4.69) is 49.1 Å². The van der Waals surface area contributed by atoms with Gasteiger partial charge in [-0.2, -0.15) is 0 Å². The van der Waals surface area contributed by atoms with Crippen LogP contribution in [-0.2, 0) is 19.1 Å². The standard InChI is InChI=1S/C44H67N3O11/c1-39(20-48)10-12-44(38(55)56)13-11-41(3)25(27(44)17-39)6-7-31-42(41,4)9-8-30-40(2,21-49)36(58-37-35(54)34(53)29(50)19-57-37)33(52)26(43(30,31)5)14-23-15-32(51)47-28(23)16-24-18-45-22-46-24/h6,18,23,26-31,33-37,48-50,52-54H,7-17,19-22H2,1-5H3,(H,47,51)(H,55,56). The third-order valence-electron chi connectivity index (χ3n) is 18.5. The van der Waals surface area contributed by atoms with Gasteiger partial charge in [0.15, 0.2) is 6.29 Å². The van der Waals surface area contributed by atoms with E-state index in [4.69, 9.17) is 9.47 Å². The summed E-state index contributed by atoms with van der Waals surface area (Å²) >= 11 is 0. The van der Waals surface area contributed by atoms with Gasteiger partial charge in [-0.1, -0.05) is 46.3 Å². The number of rotatable bonds is 9. The lowest BCUT2D eigenvalue weighted by atomic mass is 9.31. The average molecular weight is 814 g/mol. The molecule has 3 aliphatic heterocycles. The minimum Gasteiger partial charge on any atom is -0.481 e. The highest BCUT2D eigenvalue weighted by molar-refractivity contribution is 6.31. The fourth-order valence-corrected chi connectivity index (χ4v) is 14.8. The van der Waals surface area contributed by atoms with Gasteiger partial charge in [-0.25, -0.2) is 0 Å². The summed E-state index contributed by atoms with van der Waals surface area (Å²) in [6.45, 7) is 10.8. The summed E-state index contributed by atoms with van der Waals surface area (Å²) in [4.78, 5) is 35.2. The Balaban J connectivity index is 1.22. The third-order valence-corrected chi connectivity index (χ3v) is 18.5. The lowest BCUT2D eigenvalue weighted by molar-refractivity contribution is -0.340. The van der Waals surface area contributed by atoms with Crippen molar-refractivity contribution >= 4 is 23.8 Å². The Bertz CT molecular complexity index is 1740. The van der Waals surface area contributed by atoms with E-state index in [0.717, 1.165) is 12.1 Å². The molecule has 5 aliphatic carbocycles. The van der Waals surface area contributed by atoms with Crippen LogP contribution in [0.3, 0.4) is 0 Å². The number of carbonyl (C=O) groups excluding carboxylic acids is 1. The smallest absolute Gasteiger partial charge is 0.310 e. The van der Waals surface area contributed by atoms with Gasteiger partial charge in [0, 0.05) is 37.1 Å². The molecule has 3 heterocycles. The molecule has 0 aromatic carbocycles. The number of carboxylic acid groups (broad SMARTS) is 1. The Labute approximate surface area is 341 Å². The van der Waals surface area contributed by atoms with Crippen LogP contribution in [0, 0.1) is 62.1 Å². The Hall–Kier alpha value is -2.30. The van der Waals surface area contributed by atoms with Gasteiger partial charge in [-0.05, 0) is 109 Å². The summed E-state index contributed by atoms with van der Waals surface area (Å²) < 4.78 is 12.3. The molecule has 18 atom stereocenters. The van der Waals surface area contributed by atoms with Crippen molar-refractivity contribution in [1.82, 2.24) is 5.32 Å². The molecule has 4 saturated carbocycles. The molecule has 324 valence electrons. The number of hydrogen-bond donors (Lipinski definition) is 8. The summed E-state index contributed by atoms with van der Waals surface area (Å²) in [6, 6.07) is -0.226. The summed E-state index contributed by atoms with van der Waals surface area (Å²) in [6.07, 6.45) is 2.56. The number of aliphatic carboxylic acids is 1. The summed E-state index contributed by atoms with van der Waals surface area (Å²) in [7, 11) is 0. The van der Waals surface area contributed by atoms with Gasteiger partial charge < -0.3 is 50.5 Å². The highest BCUT2D eigenvalue weighted by atomic mass is 16.7. The van der Waals surface area contributed by atoms with Crippen LogP contribution in [0.4, 0.5) is 0 Å². The van der Waals surface area contributed by atoms with Crippen molar-refractivity contribution in [3.8, 4) is 0 Å². The van der Waals surface area contributed by atoms with Gasteiger partial charge in [0.2, 0.25) is 5.91 Å². The molecule has 14 heteroatoms. The average Bonchev–Trinajstić information content (AvgIpc) is 3.83. The van der Waals surface area contributed by atoms with E-state index in [9.17, 15) is 45.3 Å². The summed E-state index contributed by atoms with van der Waals surface area (Å²) in [5.41, 5.74) is -1.58. The van der Waals surface area contributed by atoms with Crippen molar-refractivity contribution in [1.29, 1.82) is 0 Å². The third kappa shape index (κ3) is 6.07. The van der Waals surface area contributed by atoms with Crippen LogP contribution in [0.5, 0.6) is 0 Å². The van der Waals surface area contributed by atoms with Gasteiger partial charge in [0.25, 0.3) is 0 Å². The highest BCUT2D eigenvalue weighted by Gasteiger charge is 2.73. The largest absolute Gasteiger partial charge is 0.481 e. The van der Waals surface area contributed by atoms with Crippen molar-refractivity contribution in [3.05, 3.63) is 11.6 Å². The molecule has 0 radical (unpaired) electrons. The highest BCUT2D eigenvalue weighted by Crippen LogP contribution is 2.77. The number of nitrogens with one attached hydrogen (secondary N) is 1. The van der Waals surface area contributed by atoms with Crippen molar-refractivity contribution in [3.63, 3.8) is 0 Å². The molecule has 8 aliphatic rings. The minimum absolute atomic E-state index is 0.00698. The van der Waals surface area contributed by atoms with E-state index in [1.807, 2.05) is 6.92 Å². The number of carboxylic acids is 1. The molecule has 0 aromatic rings. The second kappa shape index (κ2) is 14.7. The zero-order chi connectivity index (χ0) is 41.8. The van der Waals surface area contributed by atoms with Crippen LogP contribution >= 0.6 is 0 Å². The van der Waals surface area contributed by atoms with E-state index in [0.29, 0.717) is 64.5 Å². The number of aliphatic hydroxyl groups excluding tert-OH is 6.